The molecule has 2 N–H and O–H groups in total. The number of carbonyl (C=O) groups is 1. The number of likely N-dealkylation sites (N-methyl/N-ethyl adjacent to an activating group) is 1. The van der Waals surface area contributed by atoms with Gasteiger partial charge in [0.2, 0.25) is 5.91 Å². The first-order valence-corrected chi connectivity index (χ1v) is 8.87. The van der Waals surface area contributed by atoms with Crippen LogP contribution in [0.2, 0.25) is 0 Å². The van der Waals surface area contributed by atoms with Crippen LogP contribution in [0, 0.1) is 0 Å². The minimum atomic E-state index is -0.0344. The Kier molecular flexibility index (Phi) is 5.66. The Hall–Kier alpha value is -2.40. The summed E-state index contributed by atoms with van der Waals surface area (Å²) >= 11 is 0. The number of nitrogens with zero attached hydrogens (tertiary/aromatic N) is 3. The number of likely N-dealkylation sites (tertiary alicyclic amines) is 1. The predicted molar refractivity (Wildman–Crippen MR) is 100.0 cm³/mol. The van der Waals surface area contributed by atoms with E-state index in [0.29, 0.717) is 12.1 Å². The van der Waals surface area contributed by atoms with Crippen molar-refractivity contribution in [3.05, 3.63) is 59.9 Å². The third kappa shape index (κ3) is 4.57. The number of rotatable bonds is 6. The molecule has 0 radical (unpaired) electrons. The lowest BCUT2D eigenvalue weighted by atomic mass is 10.1. The summed E-state index contributed by atoms with van der Waals surface area (Å²) in [6, 6.07) is 13.4. The molecule has 132 valence electrons. The fourth-order valence-corrected chi connectivity index (χ4v) is 3.37. The molecule has 2 heterocycles. The van der Waals surface area contributed by atoms with Crippen LogP contribution in [-0.2, 0) is 11.2 Å². The Balaban J connectivity index is 1.75. The van der Waals surface area contributed by atoms with Gasteiger partial charge in [-0.1, -0.05) is 18.2 Å². The van der Waals surface area contributed by atoms with Crippen LogP contribution in [0.25, 0.3) is 0 Å². The second-order valence-electron chi connectivity index (χ2n) is 6.70. The van der Waals surface area contributed by atoms with Gasteiger partial charge in [0.25, 0.3) is 0 Å². The molecule has 1 aromatic heterocycles. The smallest absolute Gasteiger partial charge is 0.227 e. The number of carbonyl (C=O) groups excluding carboxylic acids is 1. The van der Waals surface area contributed by atoms with Crippen LogP contribution in [0.4, 0.5) is 5.69 Å². The van der Waals surface area contributed by atoms with Gasteiger partial charge in [0.15, 0.2) is 0 Å². The Morgan fingerprint density at radius 2 is 2.04 bits per heavy atom. The Bertz CT molecular complexity index is 698. The highest BCUT2D eigenvalue weighted by Crippen LogP contribution is 2.22. The van der Waals surface area contributed by atoms with E-state index in [4.69, 9.17) is 5.73 Å². The van der Waals surface area contributed by atoms with Gasteiger partial charge >= 0.3 is 0 Å². The fourth-order valence-electron chi connectivity index (χ4n) is 3.37. The molecule has 3 rings (SSSR count). The molecule has 1 saturated heterocycles. The van der Waals surface area contributed by atoms with Crippen molar-refractivity contribution in [3.8, 4) is 0 Å². The Morgan fingerprint density at radius 1 is 1.24 bits per heavy atom. The van der Waals surface area contributed by atoms with Crippen LogP contribution < -0.4 is 5.73 Å². The van der Waals surface area contributed by atoms with Crippen LogP contribution in [0.5, 0.6) is 0 Å². The lowest BCUT2D eigenvalue weighted by molar-refractivity contribution is -0.131. The molecule has 0 aliphatic carbocycles. The minimum Gasteiger partial charge on any atom is -0.399 e. The van der Waals surface area contributed by atoms with Crippen molar-refractivity contribution in [2.24, 2.45) is 0 Å². The van der Waals surface area contributed by atoms with Gasteiger partial charge in [-0.05, 0) is 55.8 Å². The molecular weight excluding hydrogens is 312 g/mol. The van der Waals surface area contributed by atoms with Gasteiger partial charge in [0.1, 0.15) is 0 Å². The molecule has 1 aliphatic rings. The molecule has 1 atom stereocenters. The van der Waals surface area contributed by atoms with Crippen molar-refractivity contribution in [2.75, 3.05) is 32.4 Å². The maximum atomic E-state index is 12.9. The lowest BCUT2D eigenvalue weighted by Gasteiger charge is -2.31. The summed E-state index contributed by atoms with van der Waals surface area (Å²) in [5, 5.41) is 0. The van der Waals surface area contributed by atoms with Gasteiger partial charge in [0, 0.05) is 25.5 Å². The number of anilines is 1. The maximum Gasteiger partial charge on any atom is 0.227 e. The zero-order valence-corrected chi connectivity index (χ0v) is 14.8. The van der Waals surface area contributed by atoms with E-state index in [1.807, 2.05) is 54.4 Å². The first-order chi connectivity index (χ1) is 12.1. The number of aromatic nitrogens is 1. The summed E-state index contributed by atoms with van der Waals surface area (Å²) < 4.78 is 0. The average Bonchev–Trinajstić information content (AvgIpc) is 3.13. The fraction of sp³-hybridized carbons (Fsp3) is 0.400. The number of nitrogens with two attached hydrogens (primary N) is 1. The van der Waals surface area contributed by atoms with Crippen LogP contribution in [-0.4, -0.2) is 47.4 Å². The molecule has 1 aliphatic heterocycles. The van der Waals surface area contributed by atoms with Crippen molar-refractivity contribution in [2.45, 2.75) is 25.3 Å². The van der Waals surface area contributed by atoms with Gasteiger partial charge in [-0.3, -0.25) is 9.78 Å². The zero-order valence-electron chi connectivity index (χ0n) is 14.8. The van der Waals surface area contributed by atoms with E-state index in [9.17, 15) is 4.79 Å². The second-order valence-corrected chi connectivity index (χ2v) is 6.70. The van der Waals surface area contributed by atoms with E-state index in [2.05, 4.69) is 9.88 Å². The molecule has 1 unspecified atom stereocenters. The van der Waals surface area contributed by atoms with Crippen LogP contribution in [0.3, 0.4) is 0 Å². The molecule has 1 aromatic carbocycles. The average molecular weight is 338 g/mol. The summed E-state index contributed by atoms with van der Waals surface area (Å²) in [7, 11) is 1.88. The number of benzene rings is 1. The second kappa shape index (κ2) is 8.12. The molecule has 25 heavy (non-hydrogen) atoms. The molecule has 2 aromatic rings. The molecule has 5 nitrogen and oxygen atoms in total. The van der Waals surface area contributed by atoms with Crippen molar-refractivity contribution >= 4 is 11.6 Å². The van der Waals surface area contributed by atoms with Crippen molar-refractivity contribution in [1.29, 1.82) is 0 Å². The van der Waals surface area contributed by atoms with Crippen molar-refractivity contribution < 1.29 is 4.79 Å². The van der Waals surface area contributed by atoms with Gasteiger partial charge in [-0.15, -0.1) is 0 Å². The number of hydrogen-bond donors (Lipinski definition) is 1. The SMILES string of the molecule is CN(C(=O)Cc1cccc(N)c1)C(CN1CCCC1)c1ccccn1. The highest BCUT2D eigenvalue weighted by Gasteiger charge is 2.26. The summed E-state index contributed by atoms with van der Waals surface area (Å²) in [5.74, 6) is 0.0837. The number of hydrogen-bond acceptors (Lipinski definition) is 4. The monoisotopic (exact) mass is 338 g/mol. The lowest BCUT2D eigenvalue weighted by Crippen LogP contribution is -2.39. The van der Waals surface area contributed by atoms with E-state index in [-0.39, 0.29) is 11.9 Å². The van der Waals surface area contributed by atoms with Gasteiger partial charge in [-0.2, -0.15) is 0 Å². The van der Waals surface area contributed by atoms with Crippen LogP contribution in [0.1, 0.15) is 30.1 Å². The van der Waals surface area contributed by atoms with E-state index in [1.54, 1.807) is 6.20 Å². The van der Waals surface area contributed by atoms with Crippen LogP contribution >= 0.6 is 0 Å². The van der Waals surface area contributed by atoms with Crippen molar-refractivity contribution in [1.82, 2.24) is 14.8 Å². The predicted octanol–water partition coefficient (Wildman–Crippen LogP) is 2.50. The summed E-state index contributed by atoms with van der Waals surface area (Å²) in [6.45, 7) is 3.03. The van der Waals surface area contributed by atoms with Crippen molar-refractivity contribution in [3.63, 3.8) is 0 Å². The third-order valence-corrected chi connectivity index (χ3v) is 4.83. The number of nitrogen functional groups attached to an aromatic ring is 1. The minimum absolute atomic E-state index is 0.0344. The largest absolute Gasteiger partial charge is 0.399 e. The molecule has 5 heteroatoms. The normalized spacial score (nSPS) is 15.9. The molecule has 1 amide bonds. The molecular formula is C20H26N4O. The molecule has 0 spiro atoms. The highest BCUT2D eigenvalue weighted by molar-refractivity contribution is 5.79. The highest BCUT2D eigenvalue weighted by atomic mass is 16.2. The maximum absolute atomic E-state index is 12.9. The number of amides is 1. The van der Waals surface area contributed by atoms with E-state index >= 15 is 0 Å². The summed E-state index contributed by atoms with van der Waals surface area (Å²) in [4.78, 5) is 21.6. The van der Waals surface area contributed by atoms with Gasteiger partial charge in [-0.25, -0.2) is 0 Å². The number of pyridine rings is 1. The molecule has 0 saturated carbocycles. The van der Waals surface area contributed by atoms with Gasteiger partial charge in [0.05, 0.1) is 18.2 Å². The van der Waals surface area contributed by atoms with Gasteiger partial charge < -0.3 is 15.5 Å². The standard InChI is InChI=1S/C20H26N4O/c1-23(20(25)14-16-7-6-8-17(21)13-16)19(15-24-11-4-5-12-24)18-9-2-3-10-22-18/h2-3,6-10,13,19H,4-5,11-12,14-15,21H2,1H3. The quantitative estimate of drug-likeness (QED) is 0.822. The Labute approximate surface area is 149 Å². The zero-order chi connectivity index (χ0) is 17.6. The molecule has 0 bridgehead atoms. The summed E-state index contributed by atoms with van der Waals surface area (Å²) in [5.41, 5.74) is 8.40. The summed E-state index contributed by atoms with van der Waals surface area (Å²) in [6.07, 6.45) is 4.61. The third-order valence-electron chi connectivity index (χ3n) is 4.83. The van der Waals surface area contributed by atoms with E-state index in [1.165, 1.54) is 12.8 Å². The first kappa shape index (κ1) is 17.4. The topological polar surface area (TPSA) is 62.5 Å². The van der Waals surface area contributed by atoms with E-state index in [0.717, 1.165) is 30.9 Å². The van der Waals surface area contributed by atoms with Crippen LogP contribution in [0.15, 0.2) is 48.7 Å². The molecule has 1 fully saturated rings. The van der Waals surface area contributed by atoms with E-state index < -0.39 is 0 Å². The Morgan fingerprint density at radius 3 is 2.72 bits per heavy atom. The first-order valence-electron chi connectivity index (χ1n) is 8.87.